The van der Waals surface area contributed by atoms with Gasteiger partial charge >= 0.3 is 6.09 Å². The second-order valence-electron chi connectivity index (χ2n) is 7.69. The van der Waals surface area contributed by atoms with Crippen LogP contribution in [0.1, 0.15) is 27.8 Å². The van der Waals surface area contributed by atoms with E-state index in [1.54, 1.807) is 35.7 Å². The normalized spacial score (nSPS) is 13.7. The van der Waals surface area contributed by atoms with Gasteiger partial charge in [0.05, 0.1) is 19.2 Å². The first-order valence-corrected chi connectivity index (χ1v) is 10.1. The van der Waals surface area contributed by atoms with Gasteiger partial charge in [0.25, 0.3) is 11.8 Å². The van der Waals surface area contributed by atoms with Gasteiger partial charge in [-0.2, -0.15) is 4.98 Å². The van der Waals surface area contributed by atoms with Gasteiger partial charge in [0.15, 0.2) is 5.82 Å². The van der Waals surface area contributed by atoms with E-state index in [0.717, 1.165) is 0 Å². The van der Waals surface area contributed by atoms with Crippen LogP contribution in [0.5, 0.6) is 0 Å². The number of methoxy groups -OCH3 is 1. The Morgan fingerprint density at radius 3 is 2.88 bits per heavy atom. The van der Waals surface area contributed by atoms with Gasteiger partial charge in [0, 0.05) is 36.1 Å². The lowest BCUT2D eigenvalue weighted by Gasteiger charge is -2.35. The molecular formula is C22H19FN6O4. The van der Waals surface area contributed by atoms with E-state index in [2.05, 4.69) is 25.2 Å². The highest BCUT2D eigenvalue weighted by molar-refractivity contribution is 6.04. The fourth-order valence-electron chi connectivity index (χ4n) is 3.66. The smallest absolute Gasteiger partial charge is 0.409 e. The molecular weight excluding hydrogens is 431 g/mol. The van der Waals surface area contributed by atoms with Crippen molar-refractivity contribution in [1.29, 1.82) is 0 Å². The Labute approximate surface area is 187 Å². The number of nitrogens with one attached hydrogen (secondary N) is 1. The number of likely N-dealkylation sites (tertiary alicyclic amines) is 1. The number of ether oxygens (including phenoxy) is 1. The monoisotopic (exact) mass is 450 g/mol. The maximum absolute atomic E-state index is 14.7. The highest BCUT2D eigenvalue weighted by Crippen LogP contribution is 2.30. The number of carbonyl (C=O) groups is 2. The van der Waals surface area contributed by atoms with Crippen LogP contribution in [0.15, 0.2) is 47.2 Å². The quantitative estimate of drug-likeness (QED) is 0.507. The fourth-order valence-corrected chi connectivity index (χ4v) is 3.66. The Kier molecular flexibility index (Phi) is 5.00. The number of fused-ring (bicyclic) bond motifs is 1. The van der Waals surface area contributed by atoms with Crippen LogP contribution >= 0.6 is 0 Å². The molecule has 0 bridgehead atoms. The molecule has 0 spiro atoms. The Hall–Kier alpha value is -4.28. The number of amides is 2. The predicted molar refractivity (Wildman–Crippen MR) is 114 cm³/mol. The number of benzene rings is 1. The summed E-state index contributed by atoms with van der Waals surface area (Å²) in [5.41, 5.74) is 1.82. The number of hydrogen-bond acceptors (Lipinski definition) is 7. The second kappa shape index (κ2) is 8.01. The van der Waals surface area contributed by atoms with Crippen molar-refractivity contribution < 1.29 is 23.2 Å². The van der Waals surface area contributed by atoms with E-state index in [0.29, 0.717) is 35.8 Å². The molecule has 1 aliphatic rings. The number of rotatable bonds is 4. The Morgan fingerprint density at radius 1 is 1.27 bits per heavy atom. The SMILES string of the molecule is COC(=O)N1CC(c2noc(-c3cc(F)c(C)c(NC(=O)c4cnc5ccccn45)c3)n2)C1. The zero-order valence-corrected chi connectivity index (χ0v) is 17.8. The summed E-state index contributed by atoms with van der Waals surface area (Å²) in [6, 6.07) is 8.25. The molecule has 1 fully saturated rings. The topological polar surface area (TPSA) is 115 Å². The lowest BCUT2D eigenvalue weighted by atomic mass is 10.0. The molecule has 1 N–H and O–H groups in total. The second-order valence-corrected chi connectivity index (χ2v) is 7.69. The number of pyridine rings is 1. The van der Waals surface area contributed by atoms with Crippen LogP contribution < -0.4 is 5.32 Å². The van der Waals surface area contributed by atoms with E-state index in [1.807, 2.05) is 6.07 Å². The molecule has 3 aromatic heterocycles. The standard InChI is InChI=1S/C22H19FN6O4/c1-12-15(23)7-13(21-26-19(27-33-21)14-10-28(11-14)22(31)32-2)8-16(12)25-20(30)17-9-24-18-5-3-4-6-29(17)18/h3-9,14H,10-11H2,1-2H3,(H,25,30). The van der Waals surface area contributed by atoms with Gasteiger partial charge in [-0.05, 0) is 31.2 Å². The number of nitrogens with zero attached hydrogens (tertiary/aromatic N) is 5. The van der Waals surface area contributed by atoms with Crippen molar-refractivity contribution in [2.45, 2.75) is 12.8 Å². The minimum atomic E-state index is -0.527. The molecule has 1 saturated heterocycles. The van der Waals surface area contributed by atoms with Gasteiger partial charge in [0.2, 0.25) is 0 Å². The molecule has 168 valence electrons. The lowest BCUT2D eigenvalue weighted by molar-refractivity contribution is 0.0857. The van der Waals surface area contributed by atoms with Crippen LogP contribution in [0.4, 0.5) is 14.9 Å². The van der Waals surface area contributed by atoms with Crippen molar-refractivity contribution in [1.82, 2.24) is 24.4 Å². The molecule has 2 amide bonds. The van der Waals surface area contributed by atoms with Crippen molar-refractivity contribution in [3.8, 4) is 11.5 Å². The molecule has 0 radical (unpaired) electrons. The molecule has 4 aromatic rings. The summed E-state index contributed by atoms with van der Waals surface area (Å²) in [6.07, 6.45) is 2.77. The maximum Gasteiger partial charge on any atom is 0.409 e. The molecule has 1 aromatic carbocycles. The van der Waals surface area contributed by atoms with Crippen LogP contribution in [0.2, 0.25) is 0 Å². The van der Waals surface area contributed by atoms with Crippen LogP contribution in [-0.2, 0) is 4.74 Å². The van der Waals surface area contributed by atoms with Crippen LogP contribution in [0.25, 0.3) is 17.1 Å². The van der Waals surface area contributed by atoms with Gasteiger partial charge < -0.3 is 19.5 Å². The van der Waals surface area contributed by atoms with E-state index >= 15 is 0 Å². The number of carbonyl (C=O) groups excluding carboxylic acids is 2. The zero-order chi connectivity index (χ0) is 23.1. The highest BCUT2D eigenvalue weighted by Gasteiger charge is 2.35. The van der Waals surface area contributed by atoms with Gasteiger partial charge in [-0.1, -0.05) is 11.2 Å². The molecule has 1 aliphatic heterocycles. The van der Waals surface area contributed by atoms with Crippen molar-refractivity contribution >= 4 is 23.3 Å². The third-order valence-corrected chi connectivity index (χ3v) is 5.61. The number of halogens is 1. The average molecular weight is 450 g/mol. The summed E-state index contributed by atoms with van der Waals surface area (Å²) in [4.78, 5) is 34.4. The van der Waals surface area contributed by atoms with Crippen LogP contribution in [0.3, 0.4) is 0 Å². The third kappa shape index (κ3) is 3.67. The number of hydrogen-bond donors (Lipinski definition) is 1. The summed E-state index contributed by atoms with van der Waals surface area (Å²) in [5, 5.41) is 6.71. The highest BCUT2D eigenvalue weighted by atomic mass is 19.1. The predicted octanol–water partition coefficient (Wildman–Crippen LogP) is 3.25. The Morgan fingerprint density at radius 2 is 2.09 bits per heavy atom. The van der Waals surface area contributed by atoms with Gasteiger partial charge in [-0.15, -0.1) is 0 Å². The maximum atomic E-state index is 14.7. The van der Waals surface area contributed by atoms with Gasteiger partial charge in [-0.3, -0.25) is 9.20 Å². The van der Waals surface area contributed by atoms with Crippen molar-refractivity contribution in [3.05, 3.63) is 65.6 Å². The van der Waals surface area contributed by atoms with Gasteiger partial charge in [-0.25, -0.2) is 14.2 Å². The van der Waals surface area contributed by atoms with E-state index in [-0.39, 0.29) is 23.1 Å². The average Bonchev–Trinajstić information content (AvgIpc) is 3.43. The van der Waals surface area contributed by atoms with Crippen molar-refractivity contribution in [3.63, 3.8) is 0 Å². The lowest BCUT2D eigenvalue weighted by Crippen LogP contribution is -2.48. The number of aromatic nitrogens is 4. The molecule has 4 heterocycles. The van der Waals surface area contributed by atoms with Crippen LogP contribution in [0, 0.1) is 12.7 Å². The molecule has 0 saturated carbocycles. The molecule has 0 atom stereocenters. The number of imidazole rings is 1. The molecule has 5 rings (SSSR count). The summed E-state index contributed by atoms with van der Waals surface area (Å²) in [7, 11) is 1.32. The minimum absolute atomic E-state index is 0.0915. The van der Waals surface area contributed by atoms with E-state index in [1.165, 1.54) is 24.3 Å². The summed E-state index contributed by atoms with van der Waals surface area (Å²) < 4.78 is 26.3. The van der Waals surface area contributed by atoms with Crippen molar-refractivity contribution in [2.24, 2.45) is 0 Å². The molecule has 33 heavy (non-hydrogen) atoms. The van der Waals surface area contributed by atoms with E-state index in [4.69, 9.17) is 4.52 Å². The van der Waals surface area contributed by atoms with Crippen molar-refractivity contribution in [2.75, 3.05) is 25.5 Å². The third-order valence-electron chi connectivity index (χ3n) is 5.61. The Balaban J connectivity index is 1.38. The largest absolute Gasteiger partial charge is 0.453 e. The zero-order valence-electron chi connectivity index (χ0n) is 17.8. The molecule has 0 aliphatic carbocycles. The summed E-state index contributed by atoms with van der Waals surface area (Å²) in [5.74, 6) is -0.516. The van der Waals surface area contributed by atoms with E-state index < -0.39 is 17.8 Å². The van der Waals surface area contributed by atoms with Crippen LogP contribution in [-0.4, -0.2) is 56.6 Å². The first-order valence-electron chi connectivity index (χ1n) is 10.1. The molecule has 10 nitrogen and oxygen atoms in total. The molecule has 0 unspecified atom stereocenters. The summed E-state index contributed by atoms with van der Waals surface area (Å²) >= 11 is 0. The Bertz CT molecular complexity index is 1370. The van der Waals surface area contributed by atoms with E-state index in [9.17, 15) is 14.0 Å². The number of anilines is 1. The van der Waals surface area contributed by atoms with Gasteiger partial charge in [0.1, 0.15) is 17.2 Å². The minimum Gasteiger partial charge on any atom is -0.453 e. The summed E-state index contributed by atoms with van der Waals surface area (Å²) in [6.45, 7) is 2.39. The first kappa shape index (κ1) is 20.6. The molecule has 11 heteroatoms. The first-order chi connectivity index (χ1) is 15.9. The fraction of sp³-hybridized carbons (Fsp3) is 0.227.